The summed E-state index contributed by atoms with van der Waals surface area (Å²) in [5.74, 6) is -0.787. The number of carbonyl (C=O) groups excluding carboxylic acids is 1. The molecule has 1 aliphatic heterocycles. The maximum Gasteiger partial charge on any atom is 0.280 e. The van der Waals surface area contributed by atoms with Gasteiger partial charge in [0.1, 0.15) is 17.1 Å². The lowest BCUT2D eigenvalue weighted by atomic mass is 10.1. The van der Waals surface area contributed by atoms with Crippen molar-refractivity contribution < 1.29 is 18.0 Å². The van der Waals surface area contributed by atoms with E-state index < -0.39 is 17.9 Å². The molecular formula is C25H20Cl2F3N5O. The van der Waals surface area contributed by atoms with Gasteiger partial charge in [-0.05, 0) is 48.0 Å². The molecule has 0 aliphatic carbocycles. The summed E-state index contributed by atoms with van der Waals surface area (Å²) in [6, 6.07) is 11.9. The van der Waals surface area contributed by atoms with Crippen LogP contribution in [-0.2, 0) is 6.54 Å². The molecule has 0 bridgehead atoms. The van der Waals surface area contributed by atoms with E-state index >= 15 is 0 Å². The van der Waals surface area contributed by atoms with Crippen molar-refractivity contribution in [2.45, 2.75) is 13.0 Å². The van der Waals surface area contributed by atoms with Gasteiger partial charge in [-0.3, -0.25) is 9.69 Å². The lowest BCUT2D eigenvalue weighted by Crippen LogP contribution is -2.48. The van der Waals surface area contributed by atoms with Crippen molar-refractivity contribution >= 4 is 34.8 Å². The molecule has 1 aliphatic rings. The summed E-state index contributed by atoms with van der Waals surface area (Å²) in [7, 11) is 0. The van der Waals surface area contributed by atoms with Crippen molar-refractivity contribution in [3.63, 3.8) is 0 Å². The number of hydrogen-bond acceptors (Lipinski definition) is 4. The minimum absolute atomic E-state index is 0.0347. The molecule has 1 amide bonds. The zero-order valence-electron chi connectivity index (χ0n) is 18.8. The average molecular weight is 534 g/mol. The van der Waals surface area contributed by atoms with Gasteiger partial charge in [-0.25, -0.2) is 22.7 Å². The van der Waals surface area contributed by atoms with E-state index in [1.165, 1.54) is 36.5 Å². The van der Waals surface area contributed by atoms with Gasteiger partial charge in [-0.2, -0.15) is 5.10 Å². The van der Waals surface area contributed by atoms with Gasteiger partial charge in [0.05, 0.1) is 11.9 Å². The quantitative estimate of drug-likeness (QED) is 0.328. The van der Waals surface area contributed by atoms with Gasteiger partial charge >= 0.3 is 0 Å². The minimum atomic E-state index is -2.85. The second-order valence-corrected chi connectivity index (χ2v) is 9.32. The molecular weight excluding hydrogens is 514 g/mol. The second-order valence-electron chi connectivity index (χ2n) is 8.47. The molecule has 0 radical (unpaired) electrons. The van der Waals surface area contributed by atoms with E-state index in [-0.39, 0.29) is 22.8 Å². The number of halogens is 5. The van der Waals surface area contributed by atoms with Crippen molar-refractivity contribution in [3.8, 4) is 11.3 Å². The predicted octanol–water partition coefficient (Wildman–Crippen LogP) is 5.74. The van der Waals surface area contributed by atoms with E-state index in [0.717, 1.165) is 10.1 Å². The average Bonchev–Trinajstić information content (AvgIpc) is 3.29. The van der Waals surface area contributed by atoms with Gasteiger partial charge in [0.2, 0.25) is 0 Å². The summed E-state index contributed by atoms with van der Waals surface area (Å²) in [6.07, 6.45) is -1.58. The number of hydrogen-bond donors (Lipinski definition) is 0. The molecule has 36 heavy (non-hydrogen) atoms. The molecule has 0 unspecified atom stereocenters. The molecule has 2 aromatic carbocycles. The van der Waals surface area contributed by atoms with Crippen LogP contribution >= 0.6 is 23.2 Å². The van der Waals surface area contributed by atoms with E-state index in [2.05, 4.69) is 15.0 Å². The molecule has 2 aromatic heterocycles. The maximum absolute atomic E-state index is 13.8. The number of fused-ring (bicyclic) bond motifs is 1. The Morgan fingerprint density at radius 2 is 1.72 bits per heavy atom. The highest BCUT2D eigenvalue weighted by atomic mass is 35.5. The van der Waals surface area contributed by atoms with Gasteiger partial charge < -0.3 is 4.90 Å². The molecule has 1 saturated heterocycles. The highest BCUT2D eigenvalue weighted by Gasteiger charge is 2.27. The number of amides is 1. The van der Waals surface area contributed by atoms with Gasteiger partial charge in [0.25, 0.3) is 12.3 Å². The van der Waals surface area contributed by atoms with Crippen LogP contribution in [0.25, 0.3) is 16.9 Å². The Labute approximate surface area is 214 Å². The van der Waals surface area contributed by atoms with Crippen LogP contribution in [-0.4, -0.2) is 56.5 Å². The zero-order valence-corrected chi connectivity index (χ0v) is 20.4. The third-order valence-corrected chi connectivity index (χ3v) is 6.75. The lowest BCUT2D eigenvalue weighted by molar-refractivity contribution is 0.0630. The third kappa shape index (κ3) is 4.91. The molecule has 0 atom stereocenters. The van der Waals surface area contributed by atoms with E-state index in [9.17, 15) is 18.0 Å². The van der Waals surface area contributed by atoms with Crippen LogP contribution in [0.2, 0.25) is 10.0 Å². The van der Waals surface area contributed by atoms with Crippen LogP contribution < -0.4 is 0 Å². The molecule has 5 rings (SSSR count). The van der Waals surface area contributed by atoms with E-state index in [0.29, 0.717) is 48.3 Å². The fourth-order valence-electron chi connectivity index (χ4n) is 4.23. The SMILES string of the molecule is O=C(c1cnn2c(C(F)F)cc(-c3ccc(F)cc3)nc12)N1CCN(Cc2ccc(Cl)cc2Cl)CC1. The summed E-state index contributed by atoms with van der Waals surface area (Å²) in [4.78, 5) is 21.6. The van der Waals surface area contributed by atoms with Crippen LogP contribution in [0.1, 0.15) is 28.0 Å². The molecule has 3 heterocycles. The Balaban J connectivity index is 1.37. The number of benzene rings is 2. The summed E-state index contributed by atoms with van der Waals surface area (Å²) in [5, 5.41) is 5.18. The summed E-state index contributed by atoms with van der Waals surface area (Å²) >= 11 is 12.3. The maximum atomic E-state index is 13.8. The molecule has 186 valence electrons. The number of nitrogens with zero attached hydrogens (tertiary/aromatic N) is 5. The molecule has 0 saturated carbocycles. The van der Waals surface area contributed by atoms with Crippen molar-refractivity contribution in [2.24, 2.45) is 0 Å². The smallest absolute Gasteiger partial charge is 0.280 e. The van der Waals surface area contributed by atoms with E-state index in [1.807, 2.05) is 6.07 Å². The molecule has 4 aromatic rings. The molecule has 0 N–H and O–H groups in total. The highest BCUT2D eigenvalue weighted by molar-refractivity contribution is 6.35. The standard InChI is InChI=1S/C25H20Cl2F3N5O/c26-17-4-1-16(20(27)11-17)14-33-7-9-34(10-8-33)25(36)19-13-31-35-22(23(29)30)12-21(32-24(19)35)15-2-5-18(28)6-3-15/h1-6,11-13,23H,7-10,14H2. The van der Waals surface area contributed by atoms with Crippen LogP contribution in [0.3, 0.4) is 0 Å². The first-order valence-electron chi connectivity index (χ1n) is 11.2. The third-order valence-electron chi connectivity index (χ3n) is 6.16. The highest BCUT2D eigenvalue weighted by Crippen LogP contribution is 2.28. The van der Waals surface area contributed by atoms with Crippen LogP contribution in [0, 0.1) is 5.82 Å². The molecule has 6 nitrogen and oxygen atoms in total. The molecule has 0 spiro atoms. The first kappa shape index (κ1) is 24.5. The van der Waals surface area contributed by atoms with Gasteiger partial charge in [0.15, 0.2) is 5.65 Å². The monoisotopic (exact) mass is 533 g/mol. The zero-order chi connectivity index (χ0) is 25.4. The predicted molar refractivity (Wildman–Crippen MR) is 131 cm³/mol. The number of rotatable bonds is 5. The Kier molecular flexibility index (Phi) is 6.87. The number of piperazine rings is 1. The van der Waals surface area contributed by atoms with Crippen molar-refractivity contribution in [2.75, 3.05) is 26.2 Å². The Morgan fingerprint density at radius 3 is 2.39 bits per heavy atom. The summed E-state index contributed by atoms with van der Waals surface area (Å²) < 4.78 is 42.0. The van der Waals surface area contributed by atoms with Crippen molar-refractivity contribution in [1.29, 1.82) is 0 Å². The first-order valence-corrected chi connectivity index (χ1v) is 11.9. The molecule has 11 heteroatoms. The Hall–Kier alpha value is -3.14. The Morgan fingerprint density at radius 1 is 1.00 bits per heavy atom. The second kappa shape index (κ2) is 10.1. The Bertz CT molecular complexity index is 1420. The largest absolute Gasteiger partial charge is 0.336 e. The summed E-state index contributed by atoms with van der Waals surface area (Å²) in [5.41, 5.74) is 1.37. The number of alkyl halides is 2. The minimum Gasteiger partial charge on any atom is -0.336 e. The van der Waals surface area contributed by atoms with Crippen LogP contribution in [0.4, 0.5) is 13.2 Å². The topological polar surface area (TPSA) is 53.7 Å². The van der Waals surface area contributed by atoms with E-state index in [4.69, 9.17) is 23.2 Å². The van der Waals surface area contributed by atoms with E-state index in [1.54, 1.807) is 17.0 Å². The van der Waals surface area contributed by atoms with Gasteiger partial charge in [-0.1, -0.05) is 29.3 Å². The normalized spacial score (nSPS) is 14.7. The van der Waals surface area contributed by atoms with Crippen LogP contribution in [0.5, 0.6) is 0 Å². The summed E-state index contributed by atoms with van der Waals surface area (Å²) in [6.45, 7) is 2.73. The first-order chi connectivity index (χ1) is 17.3. The molecule has 1 fully saturated rings. The number of carbonyl (C=O) groups is 1. The lowest BCUT2D eigenvalue weighted by Gasteiger charge is -2.34. The fourth-order valence-corrected chi connectivity index (χ4v) is 4.70. The van der Waals surface area contributed by atoms with Gasteiger partial charge in [-0.15, -0.1) is 0 Å². The van der Waals surface area contributed by atoms with Crippen molar-refractivity contribution in [1.82, 2.24) is 24.4 Å². The van der Waals surface area contributed by atoms with Crippen LogP contribution in [0.15, 0.2) is 54.7 Å². The van der Waals surface area contributed by atoms with Crippen molar-refractivity contribution in [3.05, 3.63) is 87.4 Å². The van der Waals surface area contributed by atoms with Gasteiger partial charge in [0, 0.05) is 48.3 Å². The number of aromatic nitrogens is 3. The fraction of sp³-hybridized carbons (Fsp3) is 0.240.